The molecule has 0 aliphatic heterocycles. The summed E-state index contributed by atoms with van der Waals surface area (Å²) in [5, 5.41) is 10.6. The Balaban J connectivity index is 2.03. The maximum absolute atomic E-state index is 12.1. The van der Waals surface area contributed by atoms with Crippen LogP contribution in [0.2, 0.25) is 5.02 Å². The number of imidazole rings is 1. The highest BCUT2D eigenvalue weighted by atomic mass is 35.5. The first kappa shape index (κ1) is 21.8. The summed E-state index contributed by atoms with van der Waals surface area (Å²) < 4.78 is 2.08. The molecule has 1 unspecified atom stereocenters. The van der Waals surface area contributed by atoms with Crippen molar-refractivity contribution in [1.29, 1.82) is 0 Å². The van der Waals surface area contributed by atoms with E-state index >= 15 is 0 Å². The Bertz CT molecular complexity index is 1020. The van der Waals surface area contributed by atoms with Crippen molar-refractivity contribution >= 4 is 23.6 Å². The molecule has 0 spiro atoms. The average molecular weight is 423 g/mol. The zero-order valence-electron chi connectivity index (χ0n) is 17.4. The van der Waals surface area contributed by atoms with Gasteiger partial charge >= 0.3 is 5.97 Å². The third kappa shape index (κ3) is 5.19. The van der Waals surface area contributed by atoms with Gasteiger partial charge in [0.25, 0.3) is 0 Å². The first-order valence-corrected chi connectivity index (χ1v) is 10.7. The van der Waals surface area contributed by atoms with Crippen molar-refractivity contribution < 1.29 is 9.90 Å². The van der Waals surface area contributed by atoms with Crippen LogP contribution in [0.15, 0.2) is 66.4 Å². The molecule has 4 nitrogen and oxygen atoms in total. The molecule has 156 valence electrons. The zero-order chi connectivity index (χ0) is 21.5. The molecule has 1 aromatic heterocycles. The van der Waals surface area contributed by atoms with Gasteiger partial charge in [0.05, 0.1) is 18.4 Å². The third-order valence-corrected chi connectivity index (χ3v) is 5.69. The molecule has 5 heteroatoms. The number of aromatic nitrogens is 2. The van der Waals surface area contributed by atoms with Crippen LogP contribution in [0.5, 0.6) is 0 Å². The molecule has 1 N–H and O–H groups in total. The van der Waals surface area contributed by atoms with Gasteiger partial charge in [-0.25, -0.2) is 9.78 Å². The summed E-state index contributed by atoms with van der Waals surface area (Å²) >= 11 is 6.39. The summed E-state index contributed by atoms with van der Waals surface area (Å²) in [7, 11) is 0. The van der Waals surface area contributed by atoms with Gasteiger partial charge in [0.1, 0.15) is 5.82 Å². The number of rotatable bonds is 9. The number of halogens is 1. The summed E-state index contributed by atoms with van der Waals surface area (Å²) in [6.07, 6.45) is 6.44. The summed E-state index contributed by atoms with van der Waals surface area (Å²) in [6.45, 7) is 4.62. The first-order chi connectivity index (χ1) is 14.5. The van der Waals surface area contributed by atoms with Crippen LogP contribution in [-0.2, 0) is 17.8 Å². The lowest BCUT2D eigenvalue weighted by Crippen LogP contribution is -2.11. The Kier molecular flexibility index (Phi) is 7.47. The normalized spacial score (nSPS) is 12.7. The van der Waals surface area contributed by atoms with E-state index in [0.717, 1.165) is 41.9 Å². The van der Waals surface area contributed by atoms with Crippen LogP contribution in [-0.4, -0.2) is 20.6 Å². The monoisotopic (exact) mass is 422 g/mol. The number of carboxylic acid groups (broad SMARTS) is 1. The maximum atomic E-state index is 12.1. The van der Waals surface area contributed by atoms with Crippen LogP contribution in [0.3, 0.4) is 0 Å². The number of unbranched alkanes of at least 4 members (excludes halogenated alkanes) is 1. The van der Waals surface area contributed by atoms with Crippen molar-refractivity contribution in [2.45, 2.75) is 45.6 Å². The number of hydrogen-bond acceptors (Lipinski definition) is 2. The molecule has 0 fully saturated rings. The molecule has 3 aromatic rings. The molecule has 0 amide bonds. The van der Waals surface area contributed by atoms with Gasteiger partial charge in [-0.2, -0.15) is 0 Å². The van der Waals surface area contributed by atoms with E-state index in [1.54, 1.807) is 12.3 Å². The number of hydrogen-bond donors (Lipinski definition) is 1. The number of benzene rings is 2. The minimum Gasteiger partial charge on any atom is -0.478 e. The summed E-state index contributed by atoms with van der Waals surface area (Å²) in [5.41, 5.74) is 3.07. The minimum atomic E-state index is -0.924. The van der Waals surface area contributed by atoms with Crippen molar-refractivity contribution in [1.82, 2.24) is 9.55 Å². The second kappa shape index (κ2) is 10.3. The van der Waals surface area contributed by atoms with E-state index in [2.05, 4.69) is 16.5 Å². The maximum Gasteiger partial charge on any atom is 0.332 e. The lowest BCUT2D eigenvalue weighted by Gasteiger charge is -2.15. The third-order valence-electron chi connectivity index (χ3n) is 5.33. The smallest absolute Gasteiger partial charge is 0.332 e. The fourth-order valence-corrected chi connectivity index (χ4v) is 3.71. The van der Waals surface area contributed by atoms with E-state index in [4.69, 9.17) is 11.6 Å². The highest BCUT2D eigenvalue weighted by molar-refractivity contribution is 6.31. The summed E-state index contributed by atoms with van der Waals surface area (Å²) in [4.78, 5) is 16.7. The summed E-state index contributed by atoms with van der Waals surface area (Å²) in [5.74, 6) is -0.224. The predicted molar refractivity (Wildman–Crippen MR) is 122 cm³/mol. The molecule has 2 aromatic carbocycles. The molecular formula is C25H27ClN2O2. The molecular weight excluding hydrogens is 396 g/mol. The van der Waals surface area contributed by atoms with E-state index in [9.17, 15) is 9.90 Å². The SMILES string of the molecule is CCCCc1ncc(/C=C(/C(=O)O)C(C)c2ccccc2)n1Cc1ccccc1Cl. The van der Waals surface area contributed by atoms with Crippen molar-refractivity contribution in [3.8, 4) is 0 Å². The number of carboxylic acids is 1. The minimum absolute atomic E-state index is 0.244. The van der Waals surface area contributed by atoms with Crippen LogP contribution in [0.25, 0.3) is 6.08 Å². The Morgan fingerprint density at radius 1 is 1.17 bits per heavy atom. The van der Waals surface area contributed by atoms with E-state index < -0.39 is 5.97 Å². The molecule has 3 rings (SSSR count). The van der Waals surface area contributed by atoms with Crippen molar-refractivity contribution in [3.05, 3.63) is 94.0 Å². The van der Waals surface area contributed by atoms with E-state index in [1.807, 2.05) is 61.5 Å². The first-order valence-electron chi connectivity index (χ1n) is 10.3. The van der Waals surface area contributed by atoms with E-state index in [0.29, 0.717) is 17.1 Å². The lowest BCUT2D eigenvalue weighted by atomic mass is 9.92. The number of carbonyl (C=O) groups is 1. The lowest BCUT2D eigenvalue weighted by molar-refractivity contribution is -0.132. The second-order valence-electron chi connectivity index (χ2n) is 7.42. The Labute approximate surface area is 182 Å². The number of aliphatic carboxylic acids is 1. The van der Waals surface area contributed by atoms with E-state index in [1.165, 1.54) is 0 Å². The second-order valence-corrected chi connectivity index (χ2v) is 7.82. The fraction of sp³-hybridized carbons (Fsp3) is 0.280. The van der Waals surface area contributed by atoms with Gasteiger partial charge in [-0.15, -0.1) is 0 Å². The van der Waals surface area contributed by atoms with Crippen molar-refractivity contribution in [3.63, 3.8) is 0 Å². The Morgan fingerprint density at radius 2 is 1.87 bits per heavy atom. The molecule has 30 heavy (non-hydrogen) atoms. The van der Waals surface area contributed by atoms with Gasteiger partial charge in [0.2, 0.25) is 0 Å². The molecule has 0 radical (unpaired) electrons. The predicted octanol–water partition coefficient (Wildman–Crippen LogP) is 6.20. The molecule has 1 heterocycles. The number of nitrogens with zero attached hydrogens (tertiary/aromatic N) is 2. The van der Waals surface area contributed by atoms with Crippen LogP contribution < -0.4 is 0 Å². The van der Waals surface area contributed by atoms with Crippen LogP contribution in [0, 0.1) is 0 Å². The molecule has 1 atom stereocenters. The van der Waals surface area contributed by atoms with Crippen LogP contribution in [0.4, 0.5) is 0 Å². The standard InChI is InChI=1S/C25H27ClN2O2/c1-3-4-14-24-27-16-21(28(24)17-20-12-8-9-13-23(20)26)15-22(25(29)30)18(2)19-10-6-5-7-11-19/h5-13,15-16,18H,3-4,14,17H2,1-2H3,(H,29,30)/b22-15+. The Morgan fingerprint density at radius 3 is 2.53 bits per heavy atom. The average Bonchev–Trinajstić information content (AvgIpc) is 3.13. The summed E-state index contributed by atoms with van der Waals surface area (Å²) in [6, 6.07) is 17.4. The van der Waals surface area contributed by atoms with E-state index in [-0.39, 0.29) is 5.92 Å². The highest BCUT2D eigenvalue weighted by Crippen LogP contribution is 2.27. The fourth-order valence-electron chi connectivity index (χ4n) is 3.51. The van der Waals surface area contributed by atoms with Gasteiger partial charge in [0, 0.05) is 22.9 Å². The van der Waals surface area contributed by atoms with Gasteiger partial charge in [-0.05, 0) is 29.7 Å². The topological polar surface area (TPSA) is 55.1 Å². The van der Waals surface area contributed by atoms with Crippen molar-refractivity contribution in [2.24, 2.45) is 0 Å². The Hall–Kier alpha value is -2.85. The van der Waals surface area contributed by atoms with Gasteiger partial charge < -0.3 is 9.67 Å². The quantitative estimate of drug-likeness (QED) is 0.417. The van der Waals surface area contributed by atoms with Gasteiger partial charge in [-0.3, -0.25) is 0 Å². The van der Waals surface area contributed by atoms with Gasteiger partial charge in [0.15, 0.2) is 0 Å². The van der Waals surface area contributed by atoms with Crippen LogP contribution >= 0.6 is 11.6 Å². The molecule has 0 bridgehead atoms. The van der Waals surface area contributed by atoms with Crippen molar-refractivity contribution in [2.75, 3.05) is 0 Å². The molecule has 0 aliphatic carbocycles. The number of aryl methyl sites for hydroxylation is 1. The molecule has 0 aliphatic rings. The zero-order valence-corrected chi connectivity index (χ0v) is 18.1. The molecule has 0 saturated carbocycles. The molecule has 0 saturated heterocycles. The largest absolute Gasteiger partial charge is 0.478 e. The van der Waals surface area contributed by atoms with Gasteiger partial charge in [-0.1, -0.05) is 80.4 Å². The highest BCUT2D eigenvalue weighted by Gasteiger charge is 2.20. The van der Waals surface area contributed by atoms with Crippen LogP contribution in [0.1, 0.15) is 55.3 Å².